The van der Waals surface area contributed by atoms with Gasteiger partial charge in [-0.2, -0.15) is 0 Å². The van der Waals surface area contributed by atoms with Gasteiger partial charge in [-0.25, -0.2) is 4.79 Å². The van der Waals surface area contributed by atoms with Crippen molar-refractivity contribution in [2.24, 2.45) is 11.8 Å². The van der Waals surface area contributed by atoms with Crippen molar-refractivity contribution in [1.29, 1.82) is 0 Å². The van der Waals surface area contributed by atoms with E-state index in [1.807, 2.05) is 39.0 Å². The largest absolute Gasteiger partial charge is 0.493 e. The third-order valence-corrected chi connectivity index (χ3v) is 5.59. The van der Waals surface area contributed by atoms with Gasteiger partial charge in [0.1, 0.15) is 5.60 Å². The number of amides is 1. The van der Waals surface area contributed by atoms with Gasteiger partial charge in [-0.3, -0.25) is 4.90 Å². The topological polar surface area (TPSA) is 77.5 Å². The Morgan fingerprint density at radius 3 is 2.45 bits per heavy atom. The van der Waals surface area contributed by atoms with Crippen molar-refractivity contribution in [2.45, 2.75) is 65.1 Å². The predicted molar refractivity (Wildman–Crippen MR) is 120 cm³/mol. The van der Waals surface area contributed by atoms with E-state index in [2.05, 4.69) is 13.8 Å². The molecule has 0 saturated carbocycles. The van der Waals surface area contributed by atoms with Crippen LogP contribution in [0.2, 0.25) is 0 Å². The number of carbonyl (C=O) groups excluding carboxylic acids is 1. The van der Waals surface area contributed by atoms with E-state index < -0.39 is 11.7 Å². The first-order valence-corrected chi connectivity index (χ1v) is 11.0. The van der Waals surface area contributed by atoms with E-state index in [0.717, 1.165) is 12.0 Å². The summed E-state index contributed by atoms with van der Waals surface area (Å²) in [5.74, 6) is 1.78. The maximum absolute atomic E-state index is 13.2. The molecule has 1 fully saturated rings. The molecule has 3 atom stereocenters. The van der Waals surface area contributed by atoms with Gasteiger partial charge in [0, 0.05) is 20.1 Å². The number of methoxy groups -OCH3 is 2. The minimum Gasteiger partial charge on any atom is -0.493 e. The second-order valence-electron chi connectivity index (χ2n) is 9.42. The van der Waals surface area contributed by atoms with Gasteiger partial charge in [0.25, 0.3) is 0 Å². The lowest BCUT2D eigenvalue weighted by Gasteiger charge is -2.34. The molecule has 2 rings (SSSR count). The van der Waals surface area contributed by atoms with Gasteiger partial charge in [-0.15, -0.1) is 0 Å². The third-order valence-electron chi connectivity index (χ3n) is 5.59. The van der Waals surface area contributed by atoms with E-state index in [-0.39, 0.29) is 24.6 Å². The van der Waals surface area contributed by atoms with Crippen molar-refractivity contribution < 1.29 is 28.8 Å². The van der Waals surface area contributed by atoms with Crippen LogP contribution in [0.1, 0.15) is 59.1 Å². The molecule has 0 aromatic heterocycles. The molecule has 0 aliphatic carbocycles. The number of ether oxygens (including phenoxy) is 4. The average Bonchev–Trinajstić information content (AvgIpc) is 3.10. The molecule has 0 spiro atoms. The molecular weight excluding hydrogens is 398 g/mol. The number of rotatable bonds is 9. The summed E-state index contributed by atoms with van der Waals surface area (Å²) < 4.78 is 22.2. The van der Waals surface area contributed by atoms with E-state index in [4.69, 9.17) is 18.9 Å². The highest BCUT2D eigenvalue weighted by Gasteiger charge is 2.47. The van der Waals surface area contributed by atoms with E-state index in [9.17, 15) is 9.90 Å². The number of likely N-dealkylation sites (tertiary alicyclic amines) is 1. The molecule has 1 N–H and O–H groups in total. The zero-order valence-electron chi connectivity index (χ0n) is 20.0. The highest BCUT2D eigenvalue weighted by Crippen LogP contribution is 2.46. The molecule has 7 heteroatoms. The van der Waals surface area contributed by atoms with Gasteiger partial charge in [0.2, 0.25) is 0 Å². The van der Waals surface area contributed by atoms with Crippen LogP contribution in [0.25, 0.3) is 0 Å². The van der Waals surface area contributed by atoms with Crippen LogP contribution in [0.15, 0.2) is 18.2 Å². The van der Waals surface area contributed by atoms with Gasteiger partial charge in [0.05, 0.1) is 32.4 Å². The second-order valence-corrected chi connectivity index (χ2v) is 9.42. The van der Waals surface area contributed by atoms with Crippen LogP contribution in [0.3, 0.4) is 0 Å². The first-order chi connectivity index (χ1) is 14.6. The molecule has 1 aliphatic rings. The van der Waals surface area contributed by atoms with Gasteiger partial charge in [-0.1, -0.05) is 19.9 Å². The van der Waals surface area contributed by atoms with Crippen molar-refractivity contribution in [3.05, 3.63) is 23.8 Å². The van der Waals surface area contributed by atoms with Crippen LogP contribution >= 0.6 is 0 Å². The number of hydrogen-bond donors (Lipinski definition) is 1. The number of aliphatic hydroxyl groups is 1. The molecule has 0 bridgehead atoms. The second kappa shape index (κ2) is 11.0. The molecule has 1 saturated heterocycles. The summed E-state index contributed by atoms with van der Waals surface area (Å²) in [6.07, 6.45) is 1.07. The van der Waals surface area contributed by atoms with Crippen molar-refractivity contribution in [3.8, 4) is 11.5 Å². The molecule has 0 radical (unpaired) electrons. The minimum absolute atomic E-state index is 0.102. The zero-order chi connectivity index (χ0) is 23.2. The molecule has 1 aliphatic heterocycles. The Morgan fingerprint density at radius 1 is 1.19 bits per heavy atom. The summed E-state index contributed by atoms with van der Waals surface area (Å²) >= 11 is 0. The fourth-order valence-corrected chi connectivity index (χ4v) is 4.15. The van der Waals surface area contributed by atoms with Crippen molar-refractivity contribution in [1.82, 2.24) is 4.90 Å². The standard InChI is InChI=1S/C24H39NO6/c1-16(2)19-14-18(15-26)25(23(27)31-24(3,4)5)22(19)17-9-10-20(29-7)21(13-17)30-12-8-11-28-6/h9-10,13,16,18-19,22,26H,8,11-12,14-15H2,1-7H3/t18-,19-,22?/m0/s1. The lowest BCUT2D eigenvalue weighted by atomic mass is 9.84. The van der Waals surface area contributed by atoms with E-state index >= 15 is 0 Å². The minimum atomic E-state index is -0.618. The predicted octanol–water partition coefficient (Wildman–Crippen LogP) is 4.43. The molecule has 1 heterocycles. The number of hydrogen-bond acceptors (Lipinski definition) is 6. The van der Waals surface area contributed by atoms with Gasteiger partial charge < -0.3 is 24.1 Å². The number of nitrogens with zero attached hydrogens (tertiary/aromatic N) is 1. The first-order valence-electron chi connectivity index (χ1n) is 11.0. The Labute approximate surface area is 186 Å². The molecule has 1 aromatic rings. The lowest BCUT2D eigenvalue weighted by molar-refractivity contribution is 0.00649. The Kier molecular flexibility index (Phi) is 9.01. The van der Waals surface area contributed by atoms with Gasteiger partial charge >= 0.3 is 6.09 Å². The maximum Gasteiger partial charge on any atom is 0.411 e. The van der Waals surface area contributed by atoms with Crippen LogP contribution in [0, 0.1) is 11.8 Å². The summed E-state index contributed by atoms with van der Waals surface area (Å²) in [5.41, 5.74) is 0.329. The first kappa shape index (κ1) is 25.3. The maximum atomic E-state index is 13.2. The summed E-state index contributed by atoms with van der Waals surface area (Å²) in [6.45, 7) is 10.9. The highest BCUT2D eigenvalue weighted by atomic mass is 16.6. The molecular formula is C24H39NO6. The molecule has 31 heavy (non-hydrogen) atoms. The fourth-order valence-electron chi connectivity index (χ4n) is 4.15. The van der Waals surface area contributed by atoms with Crippen LogP contribution in [-0.4, -0.2) is 61.8 Å². The van der Waals surface area contributed by atoms with E-state index in [1.165, 1.54) is 0 Å². The summed E-state index contributed by atoms with van der Waals surface area (Å²) in [6, 6.07) is 5.28. The molecule has 176 valence electrons. The summed E-state index contributed by atoms with van der Waals surface area (Å²) in [7, 11) is 3.27. The molecule has 1 unspecified atom stereocenters. The monoisotopic (exact) mass is 437 g/mol. The average molecular weight is 438 g/mol. The molecule has 1 aromatic carbocycles. The van der Waals surface area contributed by atoms with Crippen LogP contribution in [0.4, 0.5) is 4.79 Å². The van der Waals surface area contributed by atoms with Crippen LogP contribution in [0.5, 0.6) is 11.5 Å². The molecule has 7 nitrogen and oxygen atoms in total. The Morgan fingerprint density at radius 2 is 1.90 bits per heavy atom. The zero-order valence-corrected chi connectivity index (χ0v) is 20.0. The third kappa shape index (κ3) is 6.50. The van der Waals surface area contributed by atoms with Crippen LogP contribution in [-0.2, 0) is 9.47 Å². The summed E-state index contributed by atoms with van der Waals surface area (Å²) in [4.78, 5) is 14.9. The van der Waals surface area contributed by atoms with Crippen molar-refractivity contribution >= 4 is 6.09 Å². The number of aliphatic hydroxyl groups excluding tert-OH is 1. The fraction of sp³-hybridized carbons (Fsp3) is 0.708. The Bertz CT molecular complexity index is 715. The van der Waals surface area contributed by atoms with Gasteiger partial charge in [-0.05, 0) is 56.7 Å². The summed E-state index contributed by atoms with van der Waals surface area (Å²) in [5, 5.41) is 10.0. The smallest absolute Gasteiger partial charge is 0.411 e. The number of carbonyl (C=O) groups is 1. The Balaban J connectivity index is 2.42. The highest BCUT2D eigenvalue weighted by molar-refractivity contribution is 5.70. The van der Waals surface area contributed by atoms with E-state index in [0.29, 0.717) is 37.1 Å². The number of benzene rings is 1. The van der Waals surface area contributed by atoms with Crippen molar-refractivity contribution in [2.75, 3.05) is 34.0 Å². The SMILES string of the molecule is COCCCOc1cc(C2[C@H](C(C)C)C[C@@H](CO)N2C(=O)OC(C)(C)C)ccc1OC. The van der Waals surface area contributed by atoms with Crippen LogP contribution < -0.4 is 9.47 Å². The Hall–Kier alpha value is -1.99. The quantitative estimate of drug-likeness (QED) is 0.576. The lowest BCUT2D eigenvalue weighted by Crippen LogP contribution is -2.43. The van der Waals surface area contributed by atoms with E-state index in [1.54, 1.807) is 19.1 Å². The molecule has 1 amide bonds. The van der Waals surface area contributed by atoms with Gasteiger partial charge in [0.15, 0.2) is 11.5 Å². The normalized spacial score (nSPS) is 21.5. The van der Waals surface area contributed by atoms with Crippen molar-refractivity contribution in [3.63, 3.8) is 0 Å².